The average molecular weight is 313 g/mol. The first-order valence-electron chi connectivity index (χ1n) is 5.61. The predicted octanol–water partition coefficient (Wildman–Crippen LogP) is 3.20. The van der Waals surface area contributed by atoms with E-state index in [1.807, 2.05) is 0 Å². The van der Waals surface area contributed by atoms with Gasteiger partial charge in [0.2, 0.25) is 0 Å². The Hall–Kier alpha value is -2.42. The molecule has 0 atom stereocenters. The molecule has 0 saturated heterocycles. The van der Waals surface area contributed by atoms with Crippen molar-refractivity contribution in [3.63, 3.8) is 0 Å². The number of aromatic nitrogens is 3. The topological polar surface area (TPSA) is 68.0 Å². The summed E-state index contributed by atoms with van der Waals surface area (Å²) < 4.78 is 40.2. The molecule has 0 saturated carbocycles. The number of carboxylic acid groups (broad SMARTS) is 1. The van der Waals surface area contributed by atoms with Crippen molar-refractivity contribution in [2.75, 3.05) is 0 Å². The minimum atomic E-state index is -4.66. The van der Waals surface area contributed by atoms with Crippen LogP contribution < -0.4 is 0 Å². The predicted molar refractivity (Wildman–Crippen MR) is 68.7 cm³/mol. The molecule has 0 amide bonds. The third-order valence-electron chi connectivity index (χ3n) is 2.75. The van der Waals surface area contributed by atoms with Crippen LogP contribution >= 0.6 is 11.3 Å². The van der Waals surface area contributed by atoms with E-state index >= 15 is 0 Å². The molecule has 5 nitrogen and oxygen atoms in total. The fourth-order valence-corrected chi connectivity index (χ4v) is 2.85. The minimum Gasteiger partial charge on any atom is -0.477 e. The largest absolute Gasteiger partial charge is 0.477 e. The highest BCUT2D eigenvalue weighted by molar-refractivity contribution is 7.20. The summed E-state index contributed by atoms with van der Waals surface area (Å²) in [4.78, 5) is 14.7. The van der Waals surface area contributed by atoms with Crippen molar-refractivity contribution < 1.29 is 23.1 Å². The van der Waals surface area contributed by atoms with E-state index in [0.717, 1.165) is 22.1 Å². The molecular weight excluding hydrogens is 307 g/mol. The van der Waals surface area contributed by atoms with Crippen molar-refractivity contribution >= 4 is 27.5 Å². The molecule has 3 aromatic rings. The van der Waals surface area contributed by atoms with Crippen LogP contribution in [0.3, 0.4) is 0 Å². The van der Waals surface area contributed by atoms with Crippen molar-refractivity contribution in [1.82, 2.24) is 14.8 Å². The van der Waals surface area contributed by atoms with E-state index in [9.17, 15) is 18.0 Å². The molecule has 9 heteroatoms. The number of carbonyl (C=O) groups is 1. The molecule has 0 bridgehead atoms. The van der Waals surface area contributed by atoms with E-state index in [0.29, 0.717) is 5.69 Å². The lowest BCUT2D eigenvalue weighted by Crippen LogP contribution is -2.08. The SMILES string of the molecule is O=C(O)c1cc2c(C(F)(F)F)nn(-c3ccncc3)c2s1. The monoisotopic (exact) mass is 313 g/mol. The molecule has 0 aliphatic carbocycles. The third-order valence-corrected chi connectivity index (χ3v) is 3.85. The van der Waals surface area contributed by atoms with E-state index in [1.54, 1.807) is 0 Å². The lowest BCUT2D eigenvalue weighted by Gasteiger charge is -2.03. The van der Waals surface area contributed by atoms with Crippen LogP contribution in [-0.2, 0) is 6.18 Å². The van der Waals surface area contributed by atoms with Crippen molar-refractivity contribution in [2.45, 2.75) is 6.18 Å². The molecule has 0 aromatic carbocycles. The van der Waals surface area contributed by atoms with E-state index in [1.165, 1.54) is 24.5 Å². The summed E-state index contributed by atoms with van der Waals surface area (Å²) in [6, 6.07) is 3.98. The zero-order valence-corrected chi connectivity index (χ0v) is 10.9. The Kier molecular flexibility index (Phi) is 2.94. The molecule has 0 spiro atoms. The van der Waals surface area contributed by atoms with Crippen LogP contribution in [0, 0.1) is 0 Å². The second kappa shape index (κ2) is 4.55. The van der Waals surface area contributed by atoms with Gasteiger partial charge < -0.3 is 5.11 Å². The Morgan fingerprint density at radius 2 is 1.95 bits per heavy atom. The molecule has 3 rings (SSSR count). The van der Waals surface area contributed by atoms with Gasteiger partial charge in [0, 0.05) is 17.8 Å². The second-order valence-corrected chi connectivity index (χ2v) is 5.13. The van der Waals surface area contributed by atoms with Crippen LogP contribution in [0.5, 0.6) is 0 Å². The summed E-state index contributed by atoms with van der Waals surface area (Å²) in [5.74, 6) is -1.27. The zero-order valence-electron chi connectivity index (χ0n) is 10.1. The number of pyridine rings is 1. The van der Waals surface area contributed by atoms with Gasteiger partial charge in [0.1, 0.15) is 9.71 Å². The smallest absolute Gasteiger partial charge is 0.435 e. The summed E-state index contributed by atoms with van der Waals surface area (Å²) in [5.41, 5.74) is -0.720. The van der Waals surface area contributed by atoms with Gasteiger partial charge in [0.15, 0.2) is 5.69 Å². The van der Waals surface area contributed by atoms with Gasteiger partial charge >= 0.3 is 12.1 Å². The van der Waals surface area contributed by atoms with E-state index in [-0.39, 0.29) is 15.1 Å². The highest BCUT2D eigenvalue weighted by Gasteiger charge is 2.38. The van der Waals surface area contributed by atoms with Crippen molar-refractivity contribution in [3.05, 3.63) is 41.2 Å². The number of hydrogen-bond acceptors (Lipinski definition) is 4. The van der Waals surface area contributed by atoms with Crippen molar-refractivity contribution in [2.24, 2.45) is 0 Å². The van der Waals surface area contributed by atoms with E-state index < -0.39 is 17.8 Å². The number of hydrogen-bond donors (Lipinski definition) is 1. The molecule has 0 fully saturated rings. The normalized spacial score (nSPS) is 12.0. The highest BCUT2D eigenvalue weighted by atomic mass is 32.1. The maximum atomic E-state index is 13.0. The van der Waals surface area contributed by atoms with Crippen LogP contribution in [0.15, 0.2) is 30.6 Å². The van der Waals surface area contributed by atoms with Gasteiger partial charge in [-0.15, -0.1) is 11.3 Å². The van der Waals surface area contributed by atoms with Crippen LogP contribution in [0.1, 0.15) is 15.4 Å². The molecular formula is C12H6F3N3O2S. The Bertz CT molecular complexity index is 824. The Balaban J connectivity index is 2.32. The summed E-state index contributed by atoms with van der Waals surface area (Å²) >= 11 is 0.744. The quantitative estimate of drug-likeness (QED) is 0.789. The molecule has 0 aliphatic rings. The number of rotatable bonds is 2. The Morgan fingerprint density at radius 1 is 1.29 bits per heavy atom. The first kappa shape index (κ1) is 13.6. The van der Waals surface area contributed by atoms with Crippen LogP contribution in [0.25, 0.3) is 15.9 Å². The molecule has 3 aromatic heterocycles. The highest BCUT2D eigenvalue weighted by Crippen LogP contribution is 2.38. The van der Waals surface area contributed by atoms with Gasteiger partial charge in [-0.3, -0.25) is 4.98 Å². The average Bonchev–Trinajstić information content (AvgIpc) is 2.96. The van der Waals surface area contributed by atoms with Gasteiger partial charge in [-0.05, 0) is 18.2 Å². The molecule has 21 heavy (non-hydrogen) atoms. The van der Waals surface area contributed by atoms with Crippen LogP contribution in [0.4, 0.5) is 13.2 Å². The maximum absolute atomic E-state index is 13.0. The first-order chi connectivity index (χ1) is 9.88. The number of nitrogens with zero attached hydrogens (tertiary/aromatic N) is 3. The summed E-state index contributed by atoms with van der Waals surface area (Å²) in [6.07, 6.45) is -1.82. The van der Waals surface area contributed by atoms with Gasteiger partial charge in [0.25, 0.3) is 0 Å². The minimum absolute atomic E-state index is 0.130. The summed E-state index contributed by atoms with van der Waals surface area (Å²) in [7, 11) is 0. The summed E-state index contributed by atoms with van der Waals surface area (Å²) in [5, 5.41) is 12.3. The first-order valence-corrected chi connectivity index (χ1v) is 6.43. The Morgan fingerprint density at radius 3 is 2.52 bits per heavy atom. The fourth-order valence-electron chi connectivity index (χ4n) is 1.88. The number of halogens is 3. The van der Waals surface area contributed by atoms with Gasteiger partial charge in [-0.2, -0.15) is 18.3 Å². The van der Waals surface area contributed by atoms with Gasteiger partial charge in [0.05, 0.1) is 5.69 Å². The zero-order chi connectivity index (χ0) is 15.2. The number of alkyl halides is 3. The van der Waals surface area contributed by atoms with Crippen molar-refractivity contribution in [3.8, 4) is 5.69 Å². The third kappa shape index (κ3) is 2.25. The molecule has 0 unspecified atom stereocenters. The second-order valence-electron chi connectivity index (χ2n) is 4.10. The van der Waals surface area contributed by atoms with Crippen molar-refractivity contribution in [1.29, 1.82) is 0 Å². The van der Waals surface area contributed by atoms with Gasteiger partial charge in [-0.25, -0.2) is 9.48 Å². The lowest BCUT2D eigenvalue weighted by atomic mass is 10.3. The molecule has 0 aliphatic heterocycles. The standard InChI is InChI=1S/C12H6F3N3O2S/c13-12(14,15)9-7-5-8(11(19)20)21-10(7)18(17-9)6-1-3-16-4-2-6/h1-5H,(H,19,20). The number of carboxylic acids is 1. The van der Waals surface area contributed by atoms with Crippen LogP contribution in [0.2, 0.25) is 0 Å². The number of thiophene rings is 1. The lowest BCUT2D eigenvalue weighted by molar-refractivity contribution is -0.140. The molecule has 3 heterocycles. The number of aromatic carboxylic acids is 1. The van der Waals surface area contributed by atoms with E-state index in [2.05, 4.69) is 10.1 Å². The van der Waals surface area contributed by atoms with E-state index in [4.69, 9.17) is 5.11 Å². The number of fused-ring (bicyclic) bond motifs is 1. The summed E-state index contributed by atoms with van der Waals surface area (Å²) in [6.45, 7) is 0. The Labute approximate surface area is 119 Å². The molecule has 108 valence electrons. The van der Waals surface area contributed by atoms with Crippen LogP contribution in [-0.4, -0.2) is 25.8 Å². The maximum Gasteiger partial charge on any atom is 0.435 e. The fraction of sp³-hybridized carbons (Fsp3) is 0.0833. The molecule has 0 radical (unpaired) electrons. The van der Waals surface area contributed by atoms with Gasteiger partial charge in [-0.1, -0.05) is 0 Å². The molecule has 1 N–H and O–H groups in total.